The number of nitrogens with zero attached hydrogens (tertiary/aromatic N) is 1. The number of thiophene rings is 1. The van der Waals surface area contributed by atoms with Gasteiger partial charge in [0.15, 0.2) is 0 Å². The monoisotopic (exact) mass is 250 g/mol. The van der Waals surface area contributed by atoms with Gasteiger partial charge in [0.1, 0.15) is 5.69 Å². The fourth-order valence-corrected chi connectivity index (χ4v) is 2.68. The average Bonchev–Trinajstić information content (AvgIpc) is 2.81. The molecule has 1 amide bonds. The van der Waals surface area contributed by atoms with E-state index in [1.165, 1.54) is 4.70 Å². The van der Waals surface area contributed by atoms with Crippen LogP contribution in [-0.2, 0) is 7.05 Å². The maximum absolute atomic E-state index is 12.0. The third kappa shape index (κ3) is 2.52. The molecule has 92 valence electrons. The zero-order chi connectivity index (χ0) is 12.4. The summed E-state index contributed by atoms with van der Waals surface area (Å²) >= 11 is 1.67. The number of aromatic nitrogens is 1. The molecule has 17 heavy (non-hydrogen) atoms. The zero-order valence-corrected chi connectivity index (χ0v) is 11.3. The van der Waals surface area contributed by atoms with Crippen molar-refractivity contribution in [2.75, 3.05) is 6.54 Å². The van der Waals surface area contributed by atoms with E-state index in [9.17, 15) is 4.79 Å². The van der Waals surface area contributed by atoms with E-state index in [-0.39, 0.29) is 5.91 Å². The quantitative estimate of drug-likeness (QED) is 0.889. The predicted octanol–water partition coefficient (Wildman–Crippen LogP) is 3.02. The summed E-state index contributed by atoms with van der Waals surface area (Å²) in [6.07, 6.45) is 1.02. The van der Waals surface area contributed by atoms with Gasteiger partial charge in [0.05, 0.1) is 10.2 Å². The number of aryl methyl sites for hydroxylation is 1. The van der Waals surface area contributed by atoms with E-state index in [2.05, 4.69) is 19.2 Å². The smallest absolute Gasteiger partial charge is 0.267 e. The summed E-state index contributed by atoms with van der Waals surface area (Å²) in [5.41, 5.74) is 1.87. The second-order valence-corrected chi connectivity index (χ2v) is 5.64. The van der Waals surface area contributed by atoms with Crippen LogP contribution in [0.5, 0.6) is 0 Å². The molecular weight excluding hydrogens is 232 g/mol. The largest absolute Gasteiger partial charge is 0.351 e. The summed E-state index contributed by atoms with van der Waals surface area (Å²) < 4.78 is 3.12. The first kappa shape index (κ1) is 12.2. The number of hydrogen-bond donors (Lipinski definition) is 1. The molecule has 2 rings (SSSR count). The SMILES string of the molecule is CC(C)CCNC(=O)c1cc2sccc2n1C. The van der Waals surface area contributed by atoms with Gasteiger partial charge in [-0.2, -0.15) is 0 Å². The number of hydrogen-bond acceptors (Lipinski definition) is 2. The molecule has 0 fully saturated rings. The van der Waals surface area contributed by atoms with E-state index in [0.29, 0.717) is 5.92 Å². The highest BCUT2D eigenvalue weighted by Crippen LogP contribution is 2.23. The maximum Gasteiger partial charge on any atom is 0.267 e. The van der Waals surface area contributed by atoms with E-state index in [0.717, 1.165) is 24.2 Å². The maximum atomic E-state index is 12.0. The minimum Gasteiger partial charge on any atom is -0.351 e. The van der Waals surface area contributed by atoms with Gasteiger partial charge in [-0.15, -0.1) is 11.3 Å². The summed E-state index contributed by atoms with van der Waals surface area (Å²) in [6.45, 7) is 5.06. The zero-order valence-electron chi connectivity index (χ0n) is 10.5. The Morgan fingerprint density at radius 1 is 1.53 bits per heavy atom. The first-order valence-electron chi connectivity index (χ1n) is 5.90. The molecule has 0 aliphatic rings. The topological polar surface area (TPSA) is 34.0 Å². The van der Waals surface area contributed by atoms with Crippen LogP contribution in [0.25, 0.3) is 10.2 Å². The number of nitrogens with one attached hydrogen (secondary N) is 1. The number of rotatable bonds is 4. The molecule has 1 N–H and O–H groups in total. The summed E-state index contributed by atoms with van der Waals surface area (Å²) in [6, 6.07) is 4.01. The van der Waals surface area contributed by atoms with Crippen LogP contribution in [0, 0.1) is 5.92 Å². The molecule has 0 saturated carbocycles. The second kappa shape index (κ2) is 4.92. The Morgan fingerprint density at radius 2 is 2.29 bits per heavy atom. The third-order valence-electron chi connectivity index (χ3n) is 2.90. The highest BCUT2D eigenvalue weighted by atomic mass is 32.1. The Morgan fingerprint density at radius 3 is 2.94 bits per heavy atom. The number of fused-ring (bicyclic) bond motifs is 1. The van der Waals surface area contributed by atoms with E-state index < -0.39 is 0 Å². The fraction of sp³-hybridized carbons (Fsp3) is 0.462. The lowest BCUT2D eigenvalue weighted by molar-refractivity contribution is 0.0944. The van der Waals surface area contributed by atoms with Crippen LogP contribution in [0.15, 0.2) is 17.5 Å². The Balaban J connectivity index is 2.08. The molecule has 0 saturated heterocycles. The van der Waals surface area contributed by atoms with Crippen LogP contribution < -0.4 is 5.32 Å². The predicted molar refractivity (Wildman–Crippen MR) is 72.6 cm³/mol. The average molecular weight is 250 g/mol. The van der Waals surface area contributed by atoms with Crippen molar-refractivity contribution in [3.63, 3.8) is 0 Å². The van der Waals surface area contributed by atoms with Crippen molar-refractivity contribution in [1.82, 2.24) is 9.88 Å². The summed E-state index contributed by atoms with van der Waals surface area (Å²) in [5.74, 6) is 0.642. The van der Waals surface area contributed by atoms with Crippen molar-refractivity contribution in [2.45, 2.75) is 20.3 Å². The fourth-order valence-electron chi connectivity index (χ4n) is 1.83. The van der Waals surface area contributed by atoms with Gasteiger partial charge in [-0.05, 0) is 29.9 Å². The van der Waals surface area contributed by atoms with Crippen molar-refractivity contribution in [2.24, 2.45) is 13.0 Å². The number of carbonyl (C=O) groups is 1. The molecule has 0 aliphatic carbocycles. The lowest BCUT2D eigenvalue weighted by Crippen LogP contribution is -2.27. The van der Waals surface area contributed by atoms with Crippen molar-refractivity contribution < 1.29 is 4.79 Å². The number of amides is 1. The van der Waals surface area contributed by atoms with Gasteiger partial charge in [-0.25, -0.2) is 0 Å². The van der Waals surface area contributed by atoms with Crippen molar-refractivity contribution >= 4 is 27.5 Å². The lowest BCUT2D eigenvalue weighted by Gasteiger charge is -2.07. The Bertz CT molecular complexity index is 524. The van der Waals surface area contributed by atoms with Gasteiger partial charge in [0.2, 0.25) is 0 Å². The van der Waals surface area contributed by atoms with Crippen LogP contribution >= 0.6 is 11.3 Å². The van der Waals surface area contributed by atoms with Gasteiger partial charge in [-0.1, -0.05) is 13.8 Å². The van der Waals surface area contributed by atoms with Crippen LogP contribution in [0.2, 0.25) is 0 Å². The van der Waals surface area contributed by atoms with E-state index >= 15 is 0 Å². The van der Waals surface area contributed by atoms with Crippen molar-refractivity contribution in [3.8, 4) is 0 Å². The Hall–Kier alpha value is -1.29. The molecular formula is C13H18N2OS. The van der Waals surface area contributed by atoms with Crippen molar-refractivity contribution in [1.29, 1.82) is 0 Å². The third-order valence-corrected chi connectivity index (χ3v) is 3.76. The van der Waals surface area contributed by atoms with Gasteiger partial charge in [0.25, 0.3) is 5.91 Å². The van der Waals surface area contributed by atoms with Crippen LogP contribution in [0.4, 0.5) is 0 Å². The van der Waals surface area contributed by atoms with Gasteiger partial charge in [-0.3, -0.25) is 4.79 Å². The van der Waals surface area contributed by atoms with Crippen LogP contribution in [0.1, 0.15) is 30.8 Å². The molecule has 0 atom stereocenters. The van der Waals surface area contributed by atoms with Gasteiger partial charge >= 0.3 is 0 Å². The standard InChI is InChI=1S/C13H18N2OS/c1-9(2)4-6-14-13(16)11-8-12-10(15(11)3)5-7-17-12/h5,7-9H,4,6H2,1-3H3,(H,14,16). The minimum atomic E-state index is 0.0246. The van der Waals surface area contributed by atoms with E-state index in [4.69, 9.17) is 0 Å². The molecule has 2 heterocycles. The van der Waals surface area contributed by atoms with Crippen molar-refractivity contribution in [3.05, 3.63) is 23.2 Å². The van der Waals surface area contributed by atoms with Gasteiger partial charge < -0.3 is 9.88 Å². The van der Waals surface area contributed by atoms with Crippen LogP contribution in [-0.4, -0.2) is 17.0 Å². The summed E-state index contributed by atoms with van der Waals surface area (Å²) in [5, 5.41) is 5.01. The Kier molecular flexibility index (Phi) is 3.52. The first-order chi connectivity index (χ1) is 8.09. The lowest BCUT2D eigenvalue weighted by atomic mass is 10.1. The van der Waals surface area contributed by atoms with Crippen LogP contribution in [0.3, 0.4) is 0 Å². The highest BCUT2D eigenvalue weighted by molar-refractivity contribution is 7.17. The molecule has 0 aliphatic heterocycles. The summed E-state index contributed by atoms with van der Waals surface area (Å²) in [4.78, 5) is 12.0. The number of carbonyl (C=O) groups excluding carboxylic acids is 1. The molecule has 3 nitrogen and oxygen atoms in total. The molecule has 2 aromatic rings. The molecule has 0 unspecified atom stereocenters. The molecule has 0 aromatic carbocycles. The van der Waals surface area contributed by atoms with Gasteiger partial charge in [0, 0.05) is 13.6 Å². The molecule has 0 bridgehead atoms. The Labute approximate surface area is 105 Å². The minimum absolute atomic E-state index is 0.0246. The molecule has 0 spiro atoms. The first-order valence-corrected chi connectivity index (χ1v) is 6.78. The molecule has 0 radical (unpaired) electrons. The summed E-state index contributed by atoms with van der Waals surface area (Å²) in [7, 11) is 1.94. The molecule has 2 aromatic heterocycles. The normalized spacial score (nSPS) is 11.3. The van der Waals surface area contributed by atoms with E-state index in [1.54, 1.807) is 11.3 Å². The van der Waals surface area contributed by atoms with E-state index in [1.807, 2.05) is 29.1 Å². The highest BCUT2D eigenvalue weighted by Gasteiger charge is 2.13. The molecule has 4 heteroatoms. The second-order valence-electron chi connectivity index (χ2n) is 4.70.